The van der Waals surface area contributed by atoms with Gasteiger partial charge >= 0.3 is 0 Å². The SMILES string of the molecule is CN(CCCCCCNS(C)(=O)=O)[N+]([O-])=NO. The number of hydrogen-bond donors (Lipinski definition) is 2. The molecule has 0 saturated carbocycles. The van der Waals surface area contributed by atoms with Gasteiger partial charge in [0.05, 0.1) is 24.8 Å². The van der Waals surface area contributed by atoms with E-state index < -0.39 is 10.0 Å². The van der Waals surface area contributed by atoms with Gasteiger partial charge in [0.25, 0.3) is 0 Å². The highest BCUT2D eigenvalue weighted by Crippen LogP contribution is 2.00. The zero-order valence-corrected chi connectivity index (χ0v) is 11.0. The smallest absolute Gasteiger partial charge is 0.230 e. The van der Waals surface area contributed by atoms with E-state index in [9.17, 15) is 13.6 Å². The van der Waals surface area contributed by atoms with Gasteiger partial charge in [-0.2, -0.15) is 0 Å². The average Bonchev–Trinajstić information content (AvgIpc) is 2.24. The molecule has 0 amide bonds. The minimum atomic E-state index is -3.09. The summed E-state index contributed by atoms with van der Waals surface area (Å²) in [5.41, 5.74) is 0. The molecule has 0 aliphatic carbocycles. The van der Waals surface area contributed by atoms with E-state index in [4.69, 9.17) is 5.21 Å². The molecule has 9 heteroatoms. The Morgan fingerprint density at radius 3 is 2.47 bits per heavy atom. The predicted octanol–water partition coefficient (Wildman–Crippen LogP) is 0.295. The van der Waals surface area contributed by atoms with Crippen molar-refractivity contribution < 1.29 is 18.6 Å². The normalized spacial score (nSPS) is 12.7. The van der Waals surface area contributed by atoms with Gasteiger partial charge in [-0.3, -0.25) is 0 Å². The van der Waals surface area contributed by atoms with Gasteiger partial charge in [-0.15, -0.1) is 5.01 Å². The summed E-state index contributed by atoms with van der Waals surface area (Å²) in [6.45, 7) is 0.932. The molecule has 0 spiro atoms. The second-order valence-corrected chi connectivity index (χ2v) is 5.64. The van der Waals surface area contributed by atoms with Crippen LogP contribution >= 0.6 is 0 Å². The van der Waals surface area contributed by atoms with E-state index in [2.05, 4.69) is 10.00 Å². The second kappa shape index (κ2) is 8.07. The number of unbranched alkanes of at least 4 members (excludes halogenated alkanes) is 3. The molecule has 0 aliphatic heterocycles. The van der Waals surface area contributed by atoms with Crippen LogP contribution in [0.25, 0.3) is 0 Å². The van der Waals surface area contributed by atoms with E-state index in [1.807, 2.05) is 0 Å². The molecule has 0 bridgehead atoms. The Hall–Kier alpha value is -1.09. The minimum absolute atomic E-state index is 0.116. The molecule has 102 valence electrons. The lowest BCUT2D eigenvalue weighted by Gasteiger charge is -2.11. The lowest BCUT2D eigenvalue weighted by Crippen LogP contribution is -2.27. The number of nitrogens with one attached hydrogen (secondary N) is 1. The van der Waals surface area contributed by atoms with Crippen LogP contribution in [0.15, 0.2) is 5.28 Å². The predicted molar refractivity (Wildman–Crippen MR) is 61.8 cm³/mol. The van der Waals surface area contributed by atoms with Crippen molar-refractivity contribution in [2.45, 2.75) is 25.7 Å². The van der Waals surface area contributed by atoms with Gasteiger partial charge in [-0.25, -0.2) is 13.1 Å². The van der Waals surface area contributed by atoms with Crippen LogP contribution in [0.3, 0.4) is 0 Å². The monoisotopic (exact) mass is 268 g/mol. The number of rotatable bonds is 9. The maximum absolute atomic E-state index is 10.7. The first-order chi connectivity index (χ1) is 7.87. The highest BCUT2D eigenvalue weighted by Gasteiger charge is 2.04. The third-order valence-electron chi connectivity index (χ3n) is 2.14. The van der Waals surface area contributed by atoms with E-state index >= 15 is 0 Å². The minimum Gasteiger partial charge on any atom is -0.569 e. The summed E-state index contributed by atoms with van der Waals surface area (Å²) in [6.07, 6.45) is 4.44. The third kappa shape index (κ3) is 9.82. The van der Waals surface area contributed by atoms with Crippen molar-refractivity contribution >= 4 is 10.0 Å². The zero-order valence-electron chi connectivity index (χ0n) is 10.2. The Balaban J connectivity index is 3.42. The van der Waals surface area contributed by atoms with E-state index in [0.29, 0.717) is 13.1 Å². The molecule has 0 aliphatic rings. The highest BCUT2D eigenvalue weighted by atomic mass is 32.2. The van der Waals surface area contributed by atoms with Gasteiger partial charge in [0, 0.05) is 6.54 Å². The molecule has 8 nitrogen and oxygen atoms in total. The van der Waals surface area contributed by atoms with Gasteiger partial charge in [-0.05, 0) is 12.8 Å². The first-order valence-corrected chi connectivity index (χ1v) is 7.24. The summed E-state index contributed by atoms with van der Waals surface area (Å²) >= 11 is 0. The molecular weight excluding hydrogens is 248 g/mol. The van der Waals surface area contributed by atoms with Crippen molar-refractivity contribution in [3.63, 3.8) is 0 Å². The molecular formula is C8H20N4O4S. The lowest BCUT2D eigenvalue weighted by molar-refractivity contribution is -0.704. The summed E-state index contributed by atoms with van der Waals surface area (Å²) in [6, 6.07) is 0. The first-order valence-electron chi connectivity index (χ1n) is 5.35. The van der Waals surface area contributed by atoms with Gasteiger partial charge in [-0.1, -0.05) is 12.8 Å². The molecule has 0 unspecified atom stereocenters. The average molecular weight is 268 g/mol. The Labute approximate surface area is 101 Å². The maximum atomic E-state index is 10.7. The second-order valence-electron chi connectivity index (χ2n) is 3.80. The van der Waals surface area contributed by atoms with E-state index in [1.54, 1.807) is 0 Å². The summed E-state index contributed by atoms with van der Waals surface area (Å²) in [5, 5.41) is 22.6. The summed E-state index contributed by atoms with van der Waals surface area (Å²) in [4.78, 5) is 0.116. The molecule has 0 rings (SSSR count). The van der Waals surface area contributed by atoms with Gasteiger partial charge in [0.2, 0.25) is 15.3 Å². The van der Waals surface area contributed by atoms with Crippen LogP contribution in [-0.4, -0.2) is 50.0 Å². The van der Waals surface area contributed by atoms with Crippen LogP contribution in [0, 0.1) is 5.21 Å². The Morgan fingerprint density at radius 2 is 1.94 bits per heavy atom. The van der Waals surface area contributed by atoms with Crippen LogP contribution < -0.4 is 4.72 Å². The summed E-state index contributed by atoms with van der Waals surface area (Å²) in [7, 11) is -1.57. The number of nitrogens with zero attached hydrogens (tertiary/aromatic N) is 3. The number of hydrogen-bond acceptors (Lipinski definition) is 4. The van der Waals surface area contributed by atoms with Gasteiger partial charge in [0.1, 0.15) is 0 Å². The fourth-order valence-corrected chi connectivity index (χ4v) is 1.75. The number of sulfonamides is 1. The van der Waals surface area contributed by atoms with Gasteiger partial charge in [0.15, 0.2) is 0 Å². The molecule has 0 radical (unpaired) electrons. The molecule has 17 heavy (non-hydrogen) atoms. The molecule has 0 atom stereocenters. The van der Waals surface area contributed by atoms with Crippen molar-refractivity contribution in [3.05, 3.63) is 5.21 Å². The molecule has 0 heterocycles. The van der Waals surface area contributed by atoms with Crippen LogP contribution in [0.4, 0.5) is 0 Å². The lowest BCUT2D eigenvalue weighted by atomic mass is 10.2. The van der Waals surface area contributed by atoms with Crippen molar-refractivity contribution in [2.75, 3.05) is 26.4 Å². The van der Waals surface area contributed by atoms with Crippen LogP contribution in [0.5, 0.6) is 0 Å². The van der Waals surface area contributed by atoms with Crippen molar-refractivity contribution in [1.29, 1.82) is 0 Å². The molecule has 0 aromatic carbocycles. The molecule has 0 aromatic heterocycles. The molecule has 2 N–H and O–H groups in total. The van der Waals surface area contributed by atoms with E-state index in [0.717, 1.165) is 31.9 Å². The topological polar surface area (TPSA) is 108 Å². The van der Waals surface area contributed by atoms with Crippen molar-refractivity contribution in [3.8, 4) is 0 Å². The first kappa shape index (κ1) is 15.9. The zero-order chi connectivity index (χ0) is 13.3. The van der Waals surface area contributed by atoms with E-state index in [1.165, 1.54) is 12.1 Å². The quantitative estimate of drug-likeness (QED) is 0.270. The third-order valence-corrected chi connectivity index (χ3v) is 2.87. The van der Waals surface area contributed by atoms with Crippen molar-refractivity contribution in [1.82, 2.24) is 9.73 Å². The fraction of sp³-hybridized carbons (Fsp3) is 1.00. The Morgan fingerprint density at radius 1 is 1.35 bits per heavy atom. The Bertz CT molecular complexity index is 330. The summed E-state index contributed by atoms with van der Waals surface area (Å²) < 4.78 is 23.9. The standard InChI is InChI=1S/C8H20N4O4S/c1-11(12(14)10-13)8-6-4-3-5-7-9-17(2,15)16/h9,13H,3-8H2,1-2H3. The van der Waals surface area contributed by atoms with Gasteiger partial charge < -0.3 is 10.4 Å². The van der Waals surface area contributed by atoms with Crippen LogP contribution in [0.2, 0.25) is 0 Å². The van der Waals surface area contributed by atoms with Crippen molar-refractivity contribution in [2.24, 2.45) is 5.28 Å². The molecule has 0 fully saturated rings. The maximum Gasteiger partial charge on any atom is 0.230 e. The van der Waals surface area contributed by atoms with Crippen LogP contribution in [-0.2, 0) is 10.0 Å². The van der Waals surface area contributed by atoms with E-state index in [-0.39, 0.29) is 4.97 Å². The molecule has 0 saturated heterocycles. The van der Waals surface area contributed by atoms with Crippen LogP contribution in [0.1, 0.15) is 25.7 Å². The molecule has 0 aromatic rings. The number of hydrazine groups is 1. The fourth-order valence-electron chi connectivity index (χ4n) is 1.23. The summed E-state index contributed by atoms with van der Waals surface area (Å²) in [5.74, 6) is 0. The Kier molecular flexibility index (Phi) is 7.55. The highest BCUT2D eigenvalue weighted by molar-refractivity contribution is 7.88. The largest absolute Gasteiger partial charge is 0.569 e.